The summed E-state index contributed by atoms with van der Waals surface area (Å²) in [5.41, 5.74) is 5.50. The number of hydrogen-bond donors (Lipinski definition) is 4. The van der Waals surface area contributed by atoms with Gasteiger partial charge in [-0.3, -0.25) is 14.6 Å². The second-order valence-corrected chi connectivity index (χ2v) is 14.2. The van der Waals surface area contributed by atoms with Gasteiger partial charge in [-0.25, -0.2) is 4.98 Å². The number of pyridine rings is 2. The summed E-state index contributed by atoms with van der Waals surface area (Å²) in [6.45, 7) is 1.94. The zero-order chi connectivity index (χ0) is 34.0. The van der Waals surface area contributed by atoms with E-state index in [4.69, 9.17) is 37.9 Å². The molecule has 4 N–H and O–H groups in total. The lowest BCUT2D eigenvalue weighted by atomic mass is 9.70. The van der Waals surface area contributed by atoms with E-state index >= 15 is 0 Å². The van der Waals surface area contributed by atoms with Crippen molar-refractivity contribution in [3.63, 3.8) is 0 Å². The first-order valence-electron chi connectivity index (χ1n) is 17.2. The van der Waals surface area contributed by atoms with Crippen LogP contribution in [-0.4, -0.2) is 59.4 Å². The van der Waals surface area contributed by atoms with Gasteiger partial charge in [0, 0.05) is 66.9 Å². The third-order valence-electron chi connectivity index (χ3n) is 10.3. The Morgan fingerprint density at radius 1 is 0.918 bits per heavy atom. The molecule has 7 rings (SSSR count). The molecule has 11 heteroatoms. The number of halogens is 2. The Hall–Kier alpha value is -3.76. The highest BCUT2D eigenvalue weighted by Crippen LogP contribution is 2.48. The Balaban J connectivity index is 1.23. The van der Waals surface area contributed by atoms with Crippen LogP contribution < -0.4 is 26.0 Å². The number of amides is 2. The normalized spacial score (nSPS) is 26.2. The number of aromatic nitrogens is 2. The number of ether oxygens (including phenoxy) is 1. The quantitative estimate of drug-likeness (QED) is 0.201. The van der Waals surface area contributed by atoms with Crippen LogP contribution in [0.3, 0.4) is 0 Å². The Labute approximate surface area is 297 Å². The van der Waals surface area contributed by atoms with Crippen molar-refractivity contribution < 1.29 is 14.3 Å². The van der Waals surface area contributed by atoms with Crippen LogP contribution in [0.1, 0.15) is 78.3 Å². The molecule has 2 unspecified atom stereocenters. The third kappa shape index (κ3) is 6.86. The number of nitrogens with zero attached hydrogens (tertiary/aromatic N) is 2. The van der Waals surface area contributed by atoms with Gasteiger partial charge in [0.25, 0.3) is 0 Å². The van der Waals surface area contributed by atoms with Gasteiger partial charge in [0.15, 0.2) is 0 Å². The minimum atomic E-state index is -0.929. The molecule has 256 valence electrons. The number of aryl methyl sites for hydroxylation is 1. The smallest absolute Gasteiger partial charge is 0.220 e. The van der Waals surface area contributed by atoms with Crippen molar-refractivity contribution in [3.05, 3.63) is 106 Å². The van der Waals surface area contributed by atoms with Crippen LogP contribution in [-0.2, 0) is 28.0 Å². The summed E-state index contributed by atoms with van der Waals surface area (Å²) >= 11 is 14.4. The molecule has 4 aliphatic rings. The van der Waals surface area contributed by atoms with Gasteiger partial charge in [0.1, 0.15) is 0 Å². The van der Waals surface area contributed by atoms with Crippen molar-refractivity contribution in [2.24, 2.45) is 0 Å². The summed E-state index contributed by atoms with van der Waals surface area (Å²) in [6, 6.07) is 16.5. The number of nitrogens with one attached hydrogen (secondary N) is 4. The van der Waals surface area contributed by atoms with Gasteiger partial charge >= 0.3 is 0 Å². The van der Waals surface area contributed by atoms with Gasteiger partial charge in [0.05, 0.1) is 29.3 Å². The molecule has 4 heterocycles. The zero-order valence-electron chi connectivity index (χ0n) is 27.6. The molecule has 9 nitrogen and oxygen atoms in total. The largest absolute Gasteiger partial charge is 0.481 e. The van der Waals surface area contributed by atoms with Crippen LogP contribution in [0.15, 0.2) is 66.8 Å². The van der Waals surface area contributed by atoms with Crippen molar-refractivity contribution >= 4 is 40.6 Å². The Kier molecular flexibility index (Phi) is 10.1. The lowest BCUT2D eigenvalue weighted by molar-refractivity contribution is -0.120. The molecular weight excluding hydrogens is 659 g/mol. The number of carbonyl (C=O) groups is 2. The second-order valence-electron chi connectivity index (χ2n) is 13.4. The molecule has 2 aliphatic carbocycles. The molecule has 0 saturated carbocycles. The Morgan fingerprint density at radius 3 is 2.39 bits per heavy atom. The number of allylic oxidation sites excluding steroid dienone is 4. The fourth-order valence-electron chi connectivity index (χ4n) is 7.64. The average Bonchev–Trinajstić information content (AvgIpc) is 3.74. The summed E-state index contributed by atoms with van der Waals surface area (Å²) in [4.78, 5) is 33.9. The first kappa shape index (κ1) is 33.7. The standard InChI is InChI=1S/C38H42Cl2N6O3/c1-49-37-23(20-41-21-24-12-17-34(47)43-24)11-15-33(46-37)38(19-5-7-27(36(38)40)26-6-2-3-8-29(26)39)32-16-14-28-30(9-4-10-31(28)45-32)42-22-25-13-18-35(48)44-25/h2-3,5-8,11,14-16,19,24-25,30,36,41-42H,4,9-10,12-13,17-18,20-22H2,1H3,(H,43,47)(H,44,48)/t24-,25-,30-,36?,38?/m1/s1. The Bertz CT molecular complexity index is 1800. The fraction of sp³-hybridized carbons (Fsp3) is 0.421. The van der Waals surface area contributed by atoms with E-state index in [1.54, 1.807) is 7.11 Å². The molecule has 2 saturated heterocycles. The predicted molar refractivity (Wildman–Crippen MR) is 192 cm³/mol. The van der Waals surface area contributed by atoms with E-state index in [9.17, 15) is 9.59 Å². The van der Waals surface area contributed by atoms with Crippen LogP contribution in [0.2, 0.25) is 5.02 Å². The predicted octanol–water partition coefficient (Wildman–Crippen LogP) is 5.30. The van der Waals surface area contributed by atoms with E-state index in [-0.39, 0.29) is 29.9 Å². The van der Waals surface area contributed by atoms with E-state index < -0.39 is 10.8 Å². The number of carbonyl (C=O) groups excluding carboxylic acids is 2. The van der Waals surface area contributed by atoms with Crippen LogP contribution in [0, 0.1) is 0 Å². The molecule has 2 aliphatic heterocycles. The summed E-state index contributed by atoms with van der Waals surface area (Å²) in [5.74, 6) is 0.735. The van der Waals surface area contributed by atoms with Gasteiger partial charge in [-0.15, -0.1) is 11.6 Å². The van der Waals surface area contributed by atoms with Gasteiger partial charge in [-0.1, -0.05) is 60.2 Å². The number of methoxy groups -OCH3 is 1. The minimum Gasteiger partial charge on any atom is -0.481 e. The highest BCUT2D eigenvalue weighted by Gasteiger charge is 2.46. The number of rotatable bonds is 11. The molecule has 0 radical (unpaired) electrons. The summed E-state index contributed by atoms with van der Waals surface area (Å²) in [7, 11) is 1.63. The van der Waals surface area contributed by atoms with E-state index in [0.29, 0.717) is 36.8 Å². The first-order valence-corrected chi connectivity index (χ1v) is 18.0. The molecule has 2 fully saturated rings. The SMILES string of the molecule is COc1nc(C2(c3ccc4c(n3)CCC[C@H]4NC[C@H]3CCC(=O)N3)C=CC=C(c3ccccc3Cl)C2Cl)ccc1CNC[C@H]1CCC(=O)N1. The maximum atomic E-state index is 11.8. The zero-order valence-corrected chi connectivity index (χ0v) is 29.1. The molecule has 5 atom stereocenters. The lowest BCUT2D eigenvalue weighted by Gasteiger charge is -2.39. The molecule has 0 bridgehead atoms. The van der Waals surface area contributed by atoms with E-state index in [2.05, 4.69) is 39.5 Å². The van der Waals surface area contributed by atoms with Crippen LogP contribution >= 0.6 is 23.2 Å². The van der Waals surface area contributed by atoms with Crippen molar-refractivity contribution in [2.45, 2.75) is 80.4 Å². The summed E-state index contributed by atoms with van der Waals surface area (Å²) in [6.07, 6.45) is 11.9. The van der Waals surface area contributed by atoms with Gasteiger partial charge in [-0.2, -0.15) is 0 Å². The van der Waals surface area contributed by atoms with Crippen molar-refractivity contribution in [2.75, 3.05) is 20.2 Å². The highest BCUT2D eigenvalue weighted by molar-refractivity contribution is 6.34. The number of benzene rings is 1. The fourth-order valence-corrected chi connectivity index (χ4v) is 8.37. The Morgan fingerprint density at radius 2 is 1.65 bits per heavy atom. The average molecular weight is 702 g/mol. The molecule has 1 aromatic carbocycles. The summed E-state index contributed by atoms with van der Waals surface area (Å²) in [5, 5.41) is 13.3. The maximum absolute atomic E-state index is 11.8. The van der Waals surface area contributed by atoms with Gasteiger partial charge in [0.2, 0.25) is 17.7 Å². The second kappa shape index (κ2) is 14.6. The van der Waals surface area contributed by atoms with Crippen molar-refractivity contribution in [1.29, 1.82) is 0 Å². The van der Waals surface area contributed by atoms with Crippen molar-refractivity contribution in [1.82, 2.24) is 31.2 Å². The van der Waals surface area contributed by atoms with E-state index in [1.165, 1.54) is 5.56 Å². The number of fused-ring (bicyclic) bond motifs is 1. The molecule has 2 aromatic heterocycles. The topological polar surface area (TPSA) is 117 Å². The highest BCUT2D eigenvalue weighted by atomic mass is 35.5. The number of alkyl halides is 1. The minimum absolute atomic E-state index is 0.101. The van der Waals surface area contributed by atoms with Crippen molar-refractivity contribution in [3.8, 4) is 5.88 Å². The maximum Gasteiger partial charge on any atom is 0.220 e. The van der Waals surface area contributed by atoms with E-state index in [1.807, 2.05) is 48.6 Å². The molecular formula is C38H42Cl2N6O3. The number of hydrogen-bond acceptors (Lipinski definition) is 7. The molecule has 49 heavy (non-hydrogen) atoms. The monoisotopic (exact) mass is 700 g/mol. The van der Waals surface area contributed by atoms with Crippen LogP contribution in [0.5, 0.6) is 5.88 Å². The van der Waals surface area contributed by atoms with Crippen LogP contribution in [0.4, 0.5) is 0 Å². The van der Waals surface area contributed by atoms with Gasteiger partial charge in [-0.05, 0) is 67.0 Å². The van der Waals surface area contributed by atoms with E-state index in [0.717, 1.165) is 72.4 Å². The molecule has 0 spiro atoms. The van der Waals surface area contributed by atoms with Gasteiger partial charge < -0.3 is 26.0 Å². The lowest BCUT2D eigenvalue weighted by Crippen LogP contribution is -2.41. The molecule has 3 aromatic rings. The van der Waals surface area contributed by atoms with Crippen LogP contribution in [0.25, 0.3) is 5.57 Å². The first-order chi connectivity index (χ1) is 23.9. The summed E-state index contributed by atoms with van der Waals surface area (Å²) < 4.78 is 5.86. The third-order valence-corrected chi connectivity index (χ3v) is 11.2. The molecule has 2 amide bonds.